The lowest BCUT2D eigenvalue weighted by Gasteiger charge is -2.17. The molecule has 0 bridgehead atoms. The van der Waals surface area contributed by atoms with Crippen molar-refractivity contribution in [3.63, 3.8) is 0 Å². The summed E-state index contributed by atoms with van der Waals surface area (Å²) in [6.45, 7) is 1.81. The van der Waals surface area contributed by atoms with E-state index in [4.69, 9.17) is 9.47 Å². The maximum Gasteiger partial charge on any atom is 0.317 e. The van der Waals surface area contributed by atoms with Crippen molar-refractivity contribution < 1.29 is 14.3 Å². The van der Waals surface area contributed by atoms with Crippen molar-refractivity contribution in [3.05, 3.63) is 65.1 Å². The Balaban J connectivity index is 1.27. The molecular formula is C22H23N3O3S. The van der Waals surface area contributed by atoms with E-state index in [1.54, 1.807) is 30.8 Å². The molecular weight excluding hydrogens is 386 g/mol. The number of rotatable bonds is 6. The third-order valence-electron chi connectivity index (χ3n) is 4.88. The van der Waals surface area contributed by atoms with Crippen molar-refractivity contribution in [1.29, 1.82) is 0 Å². The molecule has 4 rings (SSSR count). The molecule has 0 saturated carbocycles. The van der Waals surface area contributed by atoms with Crippen LogP contribution in [-0.2, 0) is 6.54 Å². The standard InChI is InChI=1S/C22H23N3O3S/c1-27-18-4-2-16(3-5-18)17-12-21(29-15-17)13-24-22(26)25-11-8-20(14-25)28-19-6-9-23-10-7-19/h2-7,9-10,12,15,20H,8,11,13-14H2,1H3,(H,24,26). The first-order valence-electron chi connectivity index (χ1n) is 9.52. The number of likely N-dealkylation sites (tertiary alicyclic amines) is 1. The minimum Gasteiger partial charge on any atom is -0.497 e. The molecule has 1 aliphatic rings. The van der Waals surface area contributed by atoms with Crippen LogP contribution in [0.5, 0.6) is 11.5 Å². The van der Waals surface area contributed by atoms with Crippen molar-refractivity contribution in [2.24, 2.45) is 0 Å². The predicted octanol–water partition coefficient (Wildman–Crippen LogP) is 4.18. The zero-order valence-corrected chi connectivity index (χ0v) is 17.0. The van der Waals surface area contributed by atoms with Gasteiger partial charge in [-0.2, -0.15) is 0 Å². The topological polar surface area (TPSA) is 63.7 Å². The number of carbonyl (C=O) groups excluding carboxylic acids is 1. The molecule has 1 atom stereocenters. The first-order chi connectivity index (χ1) is 14.2. The number of amides is 2. The van der Waals surface area contributed by atoms with E-state index in [9.17, 15) is 4.79 Å². The van der Waals surface area contributed by atoms with Crippen LogP contribution in [0.1, 0.15) is 11.3 Å². The zero-order chi connectivity index (χ0) is 20.1. The van der Waals surface area contributed by atoms with Gasteiger partial charge < -0.3 is 19.7 Å². The number of hydrogen-bond acceptors (Lipinski definition) is 5. The molecule has 29 heavy (non-hydrogen) atoms. The maximum atomic E-state index is 12.5. The van der Waals surface area contributed by atoms with Gasteiger partial charge in [0.25, 0.3) is 0 Å². The minimum absolute atomic E-state index is 0.0200. The van der Waals surface area contributed by atoms with Crippen LogP contribution < -0.4 is 14.8 Å². The Hall–Kier alpha value is -3.06. The highest BCUT2D eigenvalue weighted by atomic mass is 32.1. The number of thiophene rings is 1. The van der Waals surface area contributed by atoms with Gasteiger partial charge in [-0.05, 0) is 46.8 Å². The van der Waals surface area contributed by atoms with Crippen LogP contribution >= 0.6 is 11.3 Å². The fraction of sp³-hybridized carbons (Fsp3) is 0.273. The fourth-order valence-corrected chi connectivity index (χ4v) is 4.13. The van der Waals surface area contributed by atoms with E-state index in [1.807, 2.05) is 41.3 Å². The lowest BCUT2D eigenvalue weighted by molar-refractivity contribution is 0.186. The van der Waals surface area contributed by atoms with E-state index < -0.39 is 0 Å². The smallest absolute Gasteiger partial charge is 0.317 e. The summed E-state index contributed by atoms with van der Waals surface area (Å²) in [7, 11) is 1.66. The molecule has 0 spiro atoms. The van der Waals surface area contributed by atoms with Gasteiger partial charge >= 0.3 is 6.03 Å². The highest BCUT2D eigenvalue weighted by Gasteiger charge is 2.27. The van der Waals surface area contributed by atoms with Crippen LogP contribution in [0.3, 0.4) is 0 Å². The second-order valence-electron chi connectivity index (χ2n) is 6.85. The number of carbonyl (C=O) groups is 1. The average molecular weight is 410 g/mol. The van der Waals surface area contributed by atoms with E-state index in [0.717, 1.165) is 33.9 Å². The van der Waals surface area contributed by atoms with Gasteiger partial charge in [0.2, 0.25) is 0 Å². The summed E-state index contributed by atoms with van der Waals surface area (Å²) >= 11 is 1.65. The Morgan fingerprint density at radius 3 is 2.72 bits per heavy atom. The summed E-state index contributed by atoms with van der Waals surface area (Å²) in [5, 5.41) is 5.13. The average Bonchev–Trinajstić information content (AvgIpc) is 3.43. The fourth-order valence-electron chi connectivity index (χ4n) is 3.30. The van der Waals surface area contributed by atoms with E-state index >= 15 is 0 Å². The Bertz CT molecular complexity index is 943. The summed E-state index contributed by atoms with van der Waals surface area (Å²) in [6.07, 6.45) is 4.26. The van der Waals surface area contributed by atoms with Crippen molar-refractivity contribution in [3.8, 4) is 22.6 Å². The maximum absolute atomic E-state index is 12.5. The van der Waals surface area contributed by atoms with Gasteiger partial charge in [-0.15, -0.1) is 11.3 Å². The normalized spacial score (nSPS) is 15.9. The number of methoxy groups -OCH3 is 1. The lowest BCUT2D eigenvalue weighted by atomic mass is 10.1. The van der Waals surface area contributed by atoms with Gasteiger partial charge in [0, 0.05) is 30.2 Å². The van der Waals surface area contributed by atoms with Gasteiger partial charge in [0.05, 0.1) is 20.2 Å². The highest BCUT2D eigenvalue weighted by molar-refractivity contribution is 7.10. The van der Waals surface area contributed by atoms with Crippen LogP contribution in [0.15, 0.2) is 60.2 Å². The molecule has 3 heterocycles. The molecule has 1 saturated heterocycles. The Labute approximate surface area is 174 Å². The molecule has 1 fully saturated rings. The summed E-state index contributed by atoms with van der Waals surface area (Å²) < 4.78 is 11.1. The van der Waals surface area contributed by atoms with Crippen molar-refractivity contribution in [2.75, 3.05) is 20.2 Å². The number of aromatic nitrogens is 1. The quantitative estimate of drug-likeness (QED) is 0.663. The number of urea groups is 1. The Morgan fingerprint density at radius 1 is 1.17 bits per heavy atom. The van der Waals surface area contributed by atoms with Gasteiger partial charge in [-0.1, -0.05) is 12.1 Å². The van der Waals surface area contributed by atoms with Crippen LogP contribution in [0.25, 0.3) is 11.1 Å². The minimum atomic E-state index is -0.0507. The summed E-state index contributed by atoms with van der Waals surface area (Å²) in [5.41, 5.74) is 2.28. The van der Waals surface area contributed by atoms with Crippen molar-refractivity contribution in [1.82, 2.24) is 15.2 Å². The van der Waals surface area contributed by atoms with Crippen LogP contribution in [0.2, 0.25) is 0 Å². The Morgan fingerprint density at radius 2 is 1.97 bits per heavy atom. The van der Waals surface area contributed by atoms with Crippen LogP contribution in [0, 0.1) is 0 Å². The van der Waals surface area contributed by atoms with E-state index in [-0.39, 0.29) is 12.1 Å². The molecule has 1 unspecified atom stereocenters. The Kier molecular flexibility index (Phi) is 5.95. The molecule has 1 aromatic carbocycles. The molecule has 3 aromatic rings. The number of pyridine rings is 1. The first-order valence-corrected chi connectivity index (χ1v) is 10.4. The van der Waals surface area contributed by atoms with E-state index in [0.29, 0.717) is 19.6 Å². The SMILES string of the molecule is COc1ccc(-c2csc(CNC(=O)N3CCC(Oc4ccncc4)C3)c2)cc1. The largest absolute Gasteiger partial charge is 0.497 e. The predicted molar refractivity (Wildman–Crippen MR) is 113 cm³/mol. The molecule has 1 N–H and O–H groups in total. The molecule has 0 aliphatic carbocycles. The monoisotopic (exact) mass is 409 g/mol. The van der Waals surface area contributed by atoms with E-state index in [1.165, 1.54) is 0 Å². The summed E-state index contributed by atoms with van der Waals surface area (Å²) in [5.74, 6) is 1.63. The van der Waals surface area contributed by atoms with Gasteiger partial charge in [0.15, 0.2) is 0 Å². The number of ether oxygens (including phenoxy) is 2. The van der Waals surface area contributed by atoms with Crippen molar-refractivity contribution in [2.45, 2.75) is 19.1 Å². The summed E-state index contributed by atoms with van der Waals surface area (Å²) in [4.78, 5) is 19.4. The van der Waals surface area contributed by atoms with Crippen LogP contribution in [-0.4, -0.2) is 42.2 Å². The van der Waals surface area contributed by atoms with Gasteiger partial charge in [-0.25, -0.2) is 4.79 Å². The molecule has 2 amide bonds. The summed E-state index contributed by atoms with van der Waals surface area (Å²) in [6, 6.07) is 13.7. The number of nitrogens with one attached hydrogen (secondary N) is 1. The number of nitrogens with zero attached hydrogens (tertiary/aromatic N) is 2. The molecule has 2 aromatic heterocycles. The van der Waals surface area contributed by atoms with Gasteiger partial charge in [-0.3, -0.25) is 4.98 Å². The number of hydrogen-bond donors (Lipinski definition) is 1. The molecule has 150 valence electrons. The first kappa shape index (κ1) is 19.3. The second kappa shape index (κ2) is 8.96. The third-order valence-corrected chi connectivity index (χ3v) is 5.81. The molecule has 1 aliphatic heterocycles. The van der Waals surface area contributed by atoms with Gasteiger partial charge in [0.1, 0.15) is 17.6 Å². The highest BCUT2D eigenvalue weighted by Crippen LogP contribution is 2.27. The molecule has 6 nitrogen and oxygen atoms in total. The zero-order valence-electron chi connectivity index (χ0n) is 16.2. The molecule has 0 radical (unpaired) electrons. The van der Waals surface area contributed by atoms with Crippen LogP contribution in [0.4, 0.5) is 4.79 Å². The molecule has 7 heteroatoms. The second-order valence-corrected chi connectivity index (χ2v) is 7.84. The van der Waals surface area contributed by atoms with E-state index in [2.05, 4.69) is 21.7 Å². The third kappa shape index (κ3) is 4.86. The lowest BCUT2D eigenvalue weighted by Crippen LogP contribution is -2.38. The number of benzene rings is 1. The van der Waals surface area contributed by atoms with Crippen molar-refractivity contribution >= 4 is 17.4 Å².